The summed E-state index contributed by atoms with van der Waals surface area (Å²) >= 11 is 12.1. The van der Waals surface area contributed by atoms with Gasteiger partial charge in [0.2, 0.25) is 0 Å². The lowest BCUT2D eigenvalue weighted by Crippen LogP contribution is -2.47. The summed E-state index contributed by atoms with van der Waals surface area (Å²) in [6, 6.07) is 14.1. The fourth-order valence-corrected chi connectivity index (χ4v) is 5.20. The maximum absolute atomic E-state index is 12.7. The van der Waals surface area contributed by atoms with Crippen molar-refractivity contribution in [3.63, 3.8) is 0 Å². The molecule has 0 aliphatic carbocycles. The number of halogens is 2. The SMILES string of the molecule is O=c1[nH]c2c(Cl)cccc2c(=O)n1CCCN1CC2CC1CN2c1ccc(Cl)cc1. The number of hydrogen-bond donors (Lipinski definition) is 1. The van der Waals surface area contributed by atoms with Crippen LogP contribution in [0.5, 0.6) is 0 Å². The van der Waals surface area contributed by atoms with E-state index in [0.29, 0.717) is 34.6 Å². The molecule has 2 bridgehead atoms. The molecule has 2 unspecified atom stereocenters. The standard InChI is InChI=1S/C22H22Cl2N4O2/c23-14-5-7-15(8-6-14)28-13-16-11-17(28)12-26(16)9-2-10-27-21(29)18-3-1-4-19(24)20(18)25-22(27)30/h1,3-8,16-17H,2,9-13H2,(H,25,30). The van der Waals surface area contributed by atoms with Crippen LogP contribution < -0.4 is 16.1 Å². The van der Waals surface area contributed by atoms with Crippen molar-refractivity contribution in [2.75, 3.05) is 24.5 Å². The van der Waals surface area contributed by atoms with E-state index in [2.05, 4.69) is 26.9 Å². The third-order valence-corrected chi connectivity index (χ3v) is 6.87. The maximum Gasteiger partial charge on any atom is 0.328 e. The topological polar surface area (TPSA) is 61.3 Å². The van der Waals surface area contributed by atoms with Gasteiger partial charge in [0.1, 0.15) is 0 Å². The number of benzene rings is 2. The summed E-state index contributed by atoms with van der Waals surface area (Å²) in [5, 5.41) is 1.58. The highest BCUT2D eigenvalue weighted by atomic mass is 35.5. The summed E-state index contributed by atoms with van der Waals surface area (Å²) in [7, 11) is 0. The molecule has 6 nitrogen and oxygen atoms in total. The van der Waals surface area contributed by atoms with Crippen molar-refractivity contribution < 1.29 is 0 Å². The van der Waals surface area contributed by atoms with Crippen LogP contribution in [0.15, 0.2) is 52.1 Å². The second-order valence-electron chi connectivity index (χ2n) is 8.07. The number of piperazine rings is 1. The minimum Gasteiger partial charge on any atom is -0.366 e. The molecule has 0 spiro atoms. The average molecular weight is 445 g/mol. The van der Waals surface area contributed by atoms with E-state index in [4.69, 9.17) is 23.2 Å². The van der Waals surface area contributed by atoms with Gasteiger partial charge in [-0.15, -0.1) is 0 Å². The van der Waals surface area contributed by atoms with Crippen LogP contribution >= 0.6 is 23.2 Å². The Morgan fingerprint density at radius 3 is 2.50 bits per heavy atom. The number of hydrogen-bond acceptors (Lipinski definition) is 4. The Morgan fingerprint density at radius 2 is 1.77 bits per heavy atom. The van der Waals surface area contributed by atoms with Crippen LogP contribution in [0.1, 0.15) is 12.8 Å². The Morgan fingerprint density at radius 1 is 0.967 bits per heavy atom. The van der Waals surface area contributed by atoms with E-state index < -0.39 is 5.69 Å². The fraction of sp³-hybridized carbons (Fsp3) is 0.364. The zero-order chi connectivity index (χ0) is 20.8. The molecule has 3 heterocycles. The van der Waals surface area contributed by atoms with Crippen LogP contribution in [0.2, 0.25) is 10.0 Å². The predicted octanol–water partition coefficient (Wildman–Crippen LogP) is 3.35. The first-order valence-electron chi connectivity index (χ1n) is 10.2. The largest absolute Gasteiger partial charge is 0.366 e. The Kier molecular flexibility index (Phi) is 5.09. The molecule has 0 radical (unpaired) electrons. The molecule has 2 aromatic carbocycles. The van der Waals surface area contributed by atoms with Gasteiger partial charge >= 0.3 is 5.69 Å². The van der Waals surface area contributed by atoms with Crippen LogP contribution in [-0.4, -0.2) is 46.2 Å². The first-order valence-corrected chi connectivity index (χ1v) is 10.9. The molecule has 156 valence electrons. The maximum atomic E-state index is 12.7. The van der Waals surface area contributed by atoms with E-state index in [1.54, 1.807) is 18.2 Å². The molecule has 8 heteroatoms. The summed E-state index contributed by atoms with van der Waals surface area (Å²) < 4.78 is 1.28. The molecule has 1 N–H and O–H groups in total. The molecule has 2 aliphatic rings. The summed E-state index contributed by atoms with van der Waals surface area (Å²) in [6.45, 7) is 3.27. The highest BCUT2D eigenvalue weighted by molar-refractivity contribution is 6.34. The van der Waals surface area contributed by atoms with E-state index in [1.807, 2.05) is 12.1 Å². The number of H-pyrrole nitrogens is 1. The highest BCUT2D eigenvalue weighted by Gasteiger charge is 2.42. The Labute approximate surface area is 183 Å². The number of nitrogens with one attached hydrogen (secondary N) is 1. The van der Waals surface area contributed by atoms with Gasteiger partial charge in [-0.25, -0.2) is 4.79 Å². The van der Waals surface area contributed by atoms with Gasteiger partial charge in [-0.05, 0) is 49.2 Å². The molecule has 1 aromatic heterocycles. The van der Waals surface area contributed by atoms with E-state index in [0.717, 1.165) is 37.5 Å². The minimum absolute atomic E-state index is 0.284. The molecule has 2 fully saturated rings. The summed E-state index contributed by atoms with van der Waals surface area (Å²) in [5.74, 6) is 0. The van der Waals surface area contributed by atoms with Crippen molar-refractivity contribution in [2.24, 2.45) is 0 Å². The van der Waals surface area contributed by atoms with Crippen molar-refractivity contribution in [3.8, 4) is 0 Å². The minimum atomic E-state index is -0.405. The van der Waals surface area contributed by atoms with Crippen LogP contribution in [0.4, 0.5) is 5.69 Å². The highest BCUT2D eigenvalue weighted by Crippen LogP contribution is 2.34. The molecule has 30 heavy (non-hydrogen) atoms. The molecule has 5 rings (SSSR count). The summed E-state index contributed by atoms with van der Waals surface area (Å²) in [6.07, 6.45) is 1.90. The average Bonchev–Trinajstić information content (AvgIpc) is 3.32. The van der Waals surface area contributed by atoms with Gasteiger partial charge < -0.3 is 9.88 Å². The monoisotopic (exact) mass is 444 g/mol. The van der Waals surface area contributed by atoms with Gasteiger partial charge in [-0.2, -0.15) is 0 Å². The lowest BCUT2D eigenvalue weighted by Gasteiger charge is -2.35. The smallest absolute Gasteiger partial charge is 0.328 e. The third kappa shape index (κ3) is 3.43. The van der Waals surface area contributed by atoms with Crippen LogP contribution in [0, 0.1) is 0 Å². The summed E-state index contributed by atoms with van der Waals surface area (Å²) in [5.41, 5.74) is 0.939. The first-order chi connectivity index (χ1) is 14.5. The number of fused-ring (bicyclic) bond motifs is 3. The van der Waals surface area contributed by atoms with Crippen LogP contribution in [-0.2, 0) is 6.54 Å². The third-order valence-electron chi connectivity index (χ3n) is 6.31. The molecule has 2 saturated heterocycles. The lowest BCUT2D eigenvalue weighted by molar-refractivity contribution is 0.231. The molecule has 0 amide bonds. The second kappa shape index (κ2) is 7.76. The molecular weight excluding hydrogens is 423 g/mol. The molecule has 2 aliphatic heterocycles. The summed E-state index contributed by atoms with van der Waals surface area (Å²) in [4.78, 5) is 32.8. The van der Waals surface area contributed by atoms with E-state index in [9.17, 15) is 9.59 Å². The number of rotatable bonds is 5. The van der Waals surface area contributed by atoms with Gasteiger partial charge in [0.05, 0.1) is 15.9 Å². The quantitative estimate of drug-likeness (QED) is 0.655. The predicted molar refractivity (Wildman–Crippen MR) is 121 cm³/mol. The van der Waals surface area contributed by atoms with E-state index in [1.165, 1.54) is 10.3 Å². The number of para-hydroxylation sites is 1. The Balaban J connectivity index is 1.23. The van der Waals surface area contributed by atoms with Crippen LogP contribution in [0.3, 0.4) is 0 Å². The van der Waals surface area contributed by atoms with E-state index >= 15 is 0 Å². The van der Waals surface area contributed by atoms with Gasteiger partial charge in [0, 0.05) is 49.0 Å². The lowest BCUT2D eigenvalue weighted by atomic mass is 10.2. The van der Waals surface area contributed by atoms with Crippen molar-refractivity contribution in [2.45, 2.75) is 31.5 Å². The number of anilines is 1. The second-order valence-corrected chi connectivity index (χ2v) is 8.91. The zero-order valence-corrected chi connectivity index (χ0v) is 17.9. The number of aromatic nitrogens is 2. The zero-order valence-electron chi connectivity index (χ0n) is 16.4. The van der Waals surface area contributed by atoms with Gasteiger partial charge in [-0.3, -0.25) is 14.3 Å². The molecule has 0 saturated carbocycles. The molecule has 3 aromatic rings. The first kappa shape index (κ1) is 19.7. The van der Waals surface area contributed by atoms with Crippen molar-refractivity contribution in [1.29, 1.82) is 0 Å². The van der Waals surface area contributed by atoms with Gasteiger partial charge in [-0.1, -0.05) is 29.3 Å². The molecular formula is C22H22Cl2N4O2. The van der Waals surface area contributed by atoms with Crippen molar-refractivity contribution in [1.82, 2.24) is 14.5 Å². The van der Waals surface area contributed by atoms with Gasteiger partial charge in [0.15, 0.2) is 0 Å². The van der Waals surface area contributed by atoms with Gasteiger partial charge in [0.25, 0.3) is 5.56 Å². The van der Waals surface area contributed by atoms with Crippen molar-refractivity contribution >= 4 is 39.8 Å². The van der Waals surface area contributed by atoms with E-state index in [-0.39, 0.29) is 5.56 Å². The normalized spacial score (nSPS) is 21.1. The number of aromatic amines is 1. The molecule has 2 atom stereocenters. The Bertz CT molecular complexity index is 1200. The fourth-order valence-electron chi connectivity index (χ4n) is 4.85. The number of nitrogens with zero attached hydrogens (tertiary/aromatic N) is 3. The Hall–Kier alpha value is -2.28. The van der Waals surface area contributed by atoms with Crippen molar-refractivity contribution in [3.05, 3.63) is 73.3 Å². The van der Waals surface area contributed by atoms with Crippen LogP contribution in [0.25, 0.3) is 10.9 Å². The number of likely N-dealkylation sites (tertiary alicyclic amines) is 1.